The predicted molar refractivity (Wildman–Crippen MR) is 79.0 cm³/mol. The second-order valence-electron chi connectivity index (χ2n) is 6.44. The van der Waals surface area contributed by atoms with Gasteiger partial charge in [0.2, 0.25) is 0 Å². The Balaban J connectivity index is 2.89. The number of ether oxygens (including phenoxy) is 1. The van der Waals surface area contributed by atoms with Crippen molar-refractivity contribution in [1.29, 1.82) is 0 Å². The fourth-order valence-corrected chi connectivity index (χ4v) is 4.75. The van der Waals surface area contributed by atoms with Crippen LogP contribution in [0.3, 0.4) is 0 Å². The van der Waals surface area contributed by atoms with E-state index >= 15 is 0 Å². The molecule has 2 N–H and O–H groups in total. The van der Waals surface area contributed by atoms with E-state index < -0.39 is 26.8 Å². The third-order valence-corrected chi connectivity index (χ3v) is 6.97. The first kappa shape index (κ1) is 17.4. The molecule has 0 aromatic carbocycles. The van der Waals surface area contributed by atoms with Gasteiger partial charge in [-0.15, -0.1) is 0 Å². The first-order chi connectivity index (χ1) is 9.14. The molecule has 0 aliphatic heterocycles. The number of hydrogen-bond donors (Lipinski definition) is 1. The van der Waals surface area contributed by atoms with Crippen molar-refractivity contribution in [3.05, 3.63) is 0 Å². The van der Waals surface area contributed by atoms with Gasteiger partial charge < -0.3 is 10.5 Å². The second-order valence-corrected chi connectivity index (χ2v) is 8.66. The third-order valence-electron chi connectivity index (χ3n) is 4.87. The number of esters is 1. The highest BCUT2D eigenvalue weighted by molar-refractivity contribution is 7.92. The van der Waals surface area contributed by atoms with Crippen molar-refractivity contribution >= 4 is 15.8 Å². The highest BCUT2D eigenvalue weighted by Crippen LogP contribution is 2.41. The molecule has 5 nitrogen and oxygen atoms in total. The van der Waals surface area contributed by atoms with Crippen molar-refractivity contribution in [2.45, 2.75) is 57.7 Å². The van der Waals surface area contributed by atoms with E-state index in [9.17, 15) is 13.2 Å². The van der Waals surface area contributed by atoms with Gasteiger partial charge in [-0.2, -0.15) is 0 Å². The summed E-state index contributed by atoms with van der Waals surface area (Å²) in [6.07, 6.45) is 3.18. The zero-order chi connectivity index (χ0) is 15.6. The normalized spacial score (nSPS) is 28.1. The Morgan fingerprint density at radius 3 is 2.45 bits per heavy atom. The molecule has 1 aliphatic rings. The summed E-state index contributed by atoms with van der Waals surface area (Å²) in [6.45, 7) is 6.45. The molecule has 1 rings (SSSR count). The molecular formula is C14H27NO4S. The Morgan fingerprint density at radius 2 is 1.95 bits per heavy atom. The SMILES string of the molecule is CCC(C)(C)C1CCC(N)C(S(=O)(=O)CC(=O)OC)C1. The predicted octanol–water partition coefficient (Wildman–Crippen LogP) is 1.51. The maximum atomic E-state index is 12.3. The summed E-state index contributed by atoms with van der Waals surface area (Å²) in [6, 6.07) is -0.381. The molecule has 0 bridgehead atoms. The van der Waals surface area contributed by atoms with Gasteiger partial charge in [-0.05, 0) is 30.6 Å². The van der Waals surface area contributed by atoms with Gasteiger partial charge in [-0.25, -0.2) is 8.42 Å². The molecule has 0 spiro atoms. The summed E-state index contributed by atoms with van der Waals surface area (Å²) in [4.78, 5) is 11.3. The lowest BCUT2D eigenvalue weighted by molar-refractivity contribution is -0.137. The smallest absolute Gasteiger partial charge is 0.320 e. The molecule has 0 heterocycles. The Labute approximate surface area is 122 Å². The van der Waals surface area contributed by atoms with Gasteiger partial charge in [-0.3, -0.25) is 4.79 Å². The molecule has 3 unspecified atom stereocenters. The maximum Gasteiger partial charge on any atom is 0.320 e. The number of methoxy groups -OCH3 is 1. The van der Waals surface area contributed by atoms with Crippen LogP contribution in [0.1, 0.15) is 46.5 Å². The summed E-state index contributed by atoms with van der Waals surface area (Å²) in [5.41, 5.74) is 6.09. The van der Waals surface area contributed by atoms with Crippen LogP contribution in [-0.2, 0) is 19.4 Å². The summed E-state index contributed by atoms with van der Waals surface area (Å²) in [5.74, 6) is -0.958. The Morgan fingerprint density at radius 1 is 1.35 bits per heavy atom. The van der Waals surface area contributed by atoms with E-state index in [-0.39, 0.29) is 11.5 Å². The van der Waals surface area contributed by atoms with Crippen molar-refractivity contribution in [2.75, 3.05) is 12.9 Å². The van der Waals surface area contributed by atoms with E-state index in [0.717, 1.165) is 12.8 Å². The Hall–Kier alpha value is -0.620. The van der Waals surface area contributed by atoms with Crippen LogP contribution in [0.15, 0.2) is 0 Å². The second kappa shape index (κ2) is 6.43. The number of carbonyl (C=O) groups is 1. The molecule has 6 heteroatoms. The zero-order valence-electron chi connectivity index (χ0n) is 12.9. The van der Waals surface area contributed by atoms with Crippen molar-refractivity contribution in [3.8, 4) is 0 Å². The van der Waals surface area contributed by atoms with Gasteiger partial charge in [0.1, 0.15) is 5.75 Å². The fourth-order valence-electron chi connectivity index (χ4n) is 2.89. The minimum Gasteiger partial charge on any atom is -0.468 e. The van der Waals surface area contributed by atoms with E-state index in [1.807, 2.05) is 0 Å². The van der Waals surface area contributed by atoms with Crippen LogP contribution in [-0.4, -0.2) is 38.5 Å². The van der Waals surface area contributed by atoms with Gasteiger partial charge in [-0.1, -0.05) is 27.2 Å². The topological polar surface area (TPSA) is 86.5 Å². The lowest BCUT2D eigenvalue weighted by atomic mass is 9.69. The highest BCUT2D eigenvalue weighted by atomic mass is 32.2. The van der Waals surface area contributed by atoms with Crippen LogP contribution in [0.2, 0.25) is 0 Å². The minimum absolute atomic E-state index is 0.0964. The third kappa shape index (κ3) is 3.95. The summed E-state index contributed by atoms with van der Waals surface area (Å²) >= 11 is 0. The van der Waals surface area contributed by atoms with Crippen molar-refractivity contribution in [1.82, 2.24) is 0 Å². The zero-order valence-corrected chi connectivity index (χ0v) is 13.7. The number of nitrogens with two attached hydrogens (primary N) is 1. The molecule has 3 atom stereocenters. The average molecular weight is 305 g/mol. The van der Waals surface area contributed by atoms with Crippen LogP contribution < -0.4 is 5.73 Å². The number of carbonyl (C=O) groups excluding carboxylic acids is 1. The molecular weight excluding hydrogens is 278 g/mol. The van der Waals surface area contributed by atoms with Gasteiger partial charge in [0, 0.05) is 6.04 Å². The number of sulfone groups is 1. The van der Waals surface area contributed by atoms with E-state index in [1.165, 1.54) is 7.11 Å². The standard InChI is InChI=1S/C14H27NO4S/c1-5-14(2,3)10-6-7-11(15)12(8-10)20(17,18)9-13(16)19-4/h10-12H,5-9,15H2,1-4H3. The Kier molecular flexibility index (Phi) is 5.61. The quantitative estimate of drug-likeness (QED) is 0.778. The summed E-state index contributed by atoms with van der Waals surface area (Å²) in [5, 5.41) is -0.633. The summed E-state index contributed by atoms with van der Waals surface area (Å²) in [7, 11) is -2.35. The molecule has 118 valence electrons. The van der Waals surface area contributed by atoms with E-state index in [0.29, 0.717) is 18.8 Å². The molecule has 0 amide bonds. The molecule has 1 fully saturated rings. The van der Waals surface area contributed by atoms with Gasteiger partial charge in [0.15, 0.2) is 9.84 Å². The summed E-state index contributed by atoms with van der Waals surface area (Å²) < 4.78 is 29.2. The van der Waals surface area contributed by atoms with Crippen molar-refractivity contribution < 1.29 is 17.9 Å². The average Bonchev–Trinajstić information content (AvgIpc) is 2.38. The van der Waals surface area contributed by atoms with Crippen LogP contribution >= 0.6 is 0 Å². The first-order valence-corrected chi connectivity index (χ1v) is 8.89. The van der Waals surface area contributed by atoms with Gasteiger partial charge >= 0.3 is 5.97 Å². The van der Waals surface area contributed by atoms with E-state index in [4.69, 9.17) is 5.73 Å². The minimum atomic E-state index is -3.54. The number of hydrogen-bond acceptors (Lipinski definition) is 5. The van der Waals surface area contributed by atoms with E-state index in [2.05, 4.69) is 25.5 Å². The lowest BCUT2D eigenvalue weighted by Gasteiger charge is -2.41. The largest absolute Gasteiger partial charge is 0.468 e. The maximum absolute atomic E-state index is 12.3. The highest BCUT2D eigenvalue weighted by Gasteiger charge is 2.42. The van der Waals surface area contributed by atoms with Crippen LogP contribution in [0.25, 0.3) is 0 Å². The number of rotatable bonds is 5. The lowest BCUT2D eigenvalue weighted by Crippen LogP contribution is -2.49. The molecule has 0 aromatic rings. The van der Waals surface area contributed by atoms with E-state index in [1.54, 1.807) is 0 Å². The van der Waals surface area contributed by atoms with Crippen LogP contribution in [0.5, 0.6) is 0 Å². The molecule has 20 heavy (non-hydrogen) atoms. The molecule has 1 aliphatic carbocycles. The molecule has 0 saturated heterocycles. The molecule has 1 saturated carbocycles. The molecule has 0 radical (unpaired) electrons. The monoisotopic (exact) mass is 305 g/mol. The first-order valence-electron chi connectivity index (χ1n) is 7.18. The molecule has 0 aromatic heterocycles. The Bertz CT molecular complexity index is 444. The van der Waals surface area contributed by atoms with Crippen molar-refractivity contribution in [2.24, 2.45) is 17.1 Å². The van der Waals surface area contributed by atoms with Crippen molar-refractivity contribution in [3.63, 3.8) is 0 Å². The van der Waals surface area contributed by atoms with Gasteiger partial charge in [0.25, 0.3) is 0 Å². The van der Waals surface area contributed by atoms with Crippen LogP contribution in [0, 0.1) is 11.3 Å². The van der Waals surface area contributed by atoms with Crippen LogP contribution in [0.4, 0.5) is 0 Å². The fraction of sp³-hybridized carbons (Fsp3) is 0.929. The van der Waals surface area contributed by atoms with Gasteiger partial charge in [0.05, 0.1) is 12.4 Å².